The second-order valence-corrected chi connectivity index (χ2v) is 7.96. The lowest BCUT2D eigenvalue weighted by Gasteiger charge is -2.19. The molecule has 0 saturated heterocycles. The lowest BCUT2D eigenvalue weighted by atomic mass is 10.1. The summed E-state index contributed by atoms with van der Waals surface area (Å²) < 4.78 is 11.2. The van der Waals surface area contributed by atoms with E-state index in [1.54, 1.807) is 54.6 Å². The van der Waals surface area contributed by atoms with Crippen molar-refractivity contribution in [1.29, 1.82) is 0 Å². The molecule has 166 valence electrons. The minimum absolute atomic E-state index is 0.239. The van der Waals surface area contributed by atoms with Gasteiger partial charge in [0.2, 0.25) is 6.10 Å². The number of nitrogens with one attached hydrogen (secondary N) is 1. The highest BCUT2D eigenvalue weighted by Gasteiger charge is 2.27. The zero-order chi connectivity index (χ0) is 23.4. The monoisotopic (exact) mass is 459 g/mol. The Kier molecular flexibility index (Phi) is 6.61. The van der Waals surface area contributed by atoms with Crippen molar-refractivity contribution in [2.75, 3.05) is 12.4 Å². The number of esters is 1. The first kappa shape index (κ1) is 22.4. The number of halogens is 1. The lowest BCUT2D eigenvalue weighted by molar-refractivity contribution is -0.125. The van der Waals surface area contributed by atoms with Crippen LogP contribution >= 0.6 is 11.6 Å². The Morgan fingerprint density at radius 2 is 1.55 bits per heavy atom. The fraction of sp³-hybridized carbons (Fsp3) is 0.111. The summed E-state index contributed by atoms with van der Waals surface area (Å²) in [6.45, 7) is 1.87. The molecule has 0 saturated carbocycles. The third kappa shape index (κ3) is 4.99. The molecule has 0 fully saturated rings. The Hall–Kier alpha value is -3.83. The summed E-state index contributed by atoms with van der Waals surface area (Å²) in [5, 5.41) is 5.11. The van der Waals surface area contributed by atoms with Crippen molar-refractivity contribution >= 4 is 39.9 Å². The summed E-state index contributed by atoms with van der Waals surface area (Å²) in [6.07, 6.45) is -1.17. The molecule has 1 N–H and O–H groups in total. The van der Waals surface area contributed by atoms with Gasteiger partial charge in [-0.1, -0.05) is 72.3 Å². The maximum absolute atomic E-state index is 13.2. The minimum Gasteiger partial charge on any atom is -0.496 e. The number of fused-ring (bicyclic) bond motifs is 1. The van der Waals surface area contributed by atoms with Gasteiger partial charge >= 0.3 is 5.97 Å². The SMILES string of the molecule is COc1cc2ccccc2cc1C(=O)O[C@H](C(=O)Nc1ccc(C)c(Cl)c1)c1ccccc1. The van der Waals surface area contributed by atoms with Crippen LogP contribution in [-0.4, -0.2) is 19.0 Å². The van der Waals surface area contributed by atoms with Crippen molar-refractivity contribution < 1.29 is 19.1 Å². The van der Waals surface area contributed by atoms with Crippen molar-refractivity contribution in [3.8, 4) is 5.75 Å². The van der Waals surface area contributed by atoms with E-state index in [4.69, 9.17) is 21.1 Å². The molecule has 6 heteroatoms. The Balaban J connectivity index is 1.66. The van der Waals surface area contributed by atoms with Gasteiger partial charge in [0.25, 0.3) is 5.91 Å². The van der Waals surface area contributed by atoms with Gasteiger partial charge in [-0.25, -0.2) is 4.79 Å². The van der Waals surface area contributed by atoms with Crippen LogP contribution < -0.4 is 10.1 Å². The minimum atomic E-state index is -1.17. The van der Waals surface area contributed by atoms with Gasteiger partial charge in [-0.15, -0.1) is 0 Å². The number of ether oxygens (including phenoxy) is 2. The van der Waals surface area contributed by atoms with Gasteiger partial charge in [-0.3, -0.25) is 4.79 Å². The third-order valence-corrected chi connectivity index (χ3v) is 5.70. The first-order valence-corrected chi connectivity index (χ1v) is 10.7. The number of carbonyl (C=O) groups excluding carboxylic acids is 2. The number of aryl methyl sites for hydroxylation is 1. The highest BCUT2D eigenvalue weighted by Crippen LogP contribution is 2.29. The summed E-state index contributed by atoms with van der Waals surface area (Å²) in [5.74, 6) is -0.783. The molecule has 0 bridgehead atoms. The first-order valence-electron chi connectivity index (χ1n) is 10.4. The number of methoxy groups -OCH3 is 1. The molecular formula is C27H22ClNO4. The summed E-state index contributed by atoms with van der Waals surface area (Å²) in [4.78, 5) is 26.4. The van der Waals surface area contributed by atoms with Crippen LogP contribution in [0.1, 0.15) is 27.6 Å². The number of hydrogen-bond donors (Lipinski definition) is 1. The highest BCUT2D eigenvalue weighted by atomic mass is 35.5. The number of benzene rings is 4. The van der Waals surface area contributed by atoms with E-state index in [2.05, 4.69) is 5.32 Å². The van der Waals surface area contributed by atoms with Crippen molar-refractivity contribution in [3.05, 3.63) is 107 Å². The van der Waals surface area contributed by atoms with E-state index in [-0.39, 0.29) is 5.56 Å². The molecule has 0 radical (unpaired) electrons. The zero-order valence-corrected chi connectivity index (χ0v) is 18.9. The second kappa shape index (κ2) is 9.76. The van der Waals surface area contributed by atoms with E-state index >= 15 is 0 Å². The first-order chi connectivity index (χ1) is 16.0. The molecule has 0 aliphatic heterocycles. The zero-order valence-electron chi connectivity index (χ0n) is 18.2. The lowest BCUT2D eigenvalue weighted by Crippen LogP contribution is -2.26. The highest BCUT2D eigenvalue weighted by molar-refractivity contribution is 6.31. The van der Waals surface area contributed by atoms with Crippen LogP contribution in [0.25, 0.3) is 10.8 Å². The van der Waals surface area contributed by atoms with Crippen LogP contribution in [0.4, 0.5) is 5.69 Å². The van der Waals surface area contributed by atoms with Crippen molar-refractivity contribution in [1.82, 2.24) is 0 Å². The predicted molar refractivity (Wildman–Crippen MR) is 130 cm³/mol. The molecule has 0 aromatic heterocycles. The molecule has 0 aliphatic carbocycles. The van der Waals surface area contributed by atoms with Gasteiger partial charge in [-0.05, 0) is 47.5 Å². The van der Waals surface area contributed by atoms with Crippen molar-refractivity contribution in [3.63, 3.8) is 0 Å². The molecule has 0 unspecified atom stereocenters. The fourth-order valence-electron chi connectivity index (χ4n) is 3.50. The van der Waals surface area contributed by atoms with Crippen LogP contribution in [0.5, 0.6) is 5.75 Å². The maximum Gasteiger partial charge on any atom is 0.343 e. The summed E-state index contributed by atoms with van der Waals surface area (Å²) in [5.41, 5.74) is 2.18. The standard InChI is InChI=1S/C27H22ClNO4/c1-17-12-13-21(16-23(17)28)29-26(30)25(18-8-4-3-5-9-18)33-27(31)22-14-19-10-6-7-11-20(19)15-24(22)32-2/h3-16,25H,1-2H3,(H,29,30)/t25-/m0/s1. The van der Waals surface area contributed by atoms with Crippen LogP contribution in [0.2, 0.25) is 5.02 Å². The Bertz CT molecular complexity index is 1320. The largest absolute Gasteiger partial charge is 0.496 e. The normalized spacial score (nSPS) is 11.6. The molecule has 0 aliphatic rings. The number of carbonyl (C=O) groups is 2. The van der Waals surface area contributed by atoms with E-state index < -0.39 is 18.0 Å². The Morgan fingerprint density at radius 3 is 2.21 bits per heavy atom. The molecule has 33 heavy (non-hydrogen) atoms. The molecule has 4 rings (SSSR count). The van der Waals surface area contributed by atoms with Gasteiger partial charge in [0.15, 0.2) is 0 Å². The number of hydrogen-bond acceptors (Lipinski definition) is 4. The van der Waals surface area contributed by atoms with E-state index in [9.17, 15) is 9.59 Å². The molecule has 1 atom stereocenters. The van der Waals surface area contributed by atoms with Gasteiger partial charge in [-0.2, -0.15) is 0 Å². The topological polar surface area (TPSA) is 64.6 Å². The third-order valence-electron chi connectivity index (χ3n) is 5.29. The van der Waals surface area contributed by atoms with E-state index in [1.165, 1.54) is 7.11 Å². The van der Waals surface area contributed by atoms with E-state index in [0.717, 1.165) is 16.3 Å². The number of anilines is 1. The quantitative estimate of drug-likeness (QED) is 0.341. The molecule has 4 aromatic rings. The molecular weight excluding hydrogens is 438 g/mol. The van der Waals surface area contributed by atoms with Gasteiger partial charge in [0.1, 0.15) is 11.3 Å². The van der Waals surface area contributed by atoms with Gasteiger partial charge < -0.3 is 14.8 Å². The predicted octanol–water partition coefficient (Wildman–Crippen LogP) is 6.35. The van der Waals surface area contributed by atoms with Crippen LogP contribution in [0.15, 0.2) is 84.9 Å². The maximum atomic E-state index is 13.2. The summed E-state index contributed by atoms with van der Waals surface area (Å²) >= 11 is 6.19. The number of amides is 1. The van der Waals surface area contributed by atoms with Crippen molar-refractivity contribution in [2.24, 2.45) is 0 Å². The van der Waals surface area contributed by atoms with Crippen LogP contribution in [0.3, 0.4) is 0 Å². The number of rotatable bonds is 6. The molecule has 0 heterocycles. The van der Waals surface area contributed by atoms with E-state index in [1.807, 2.05) is 37.3 Å². The van der Waals surface area contributed by atoms with Gasteiger partial charge in [0, 0.05) is 16.3 Å². The molecule has 0 spiro atoms. The summed E-state index contributed by atoms with van der Waals surface area (Å²) in [7, 11) is 1.49. The van der Waals surface area contributed by atoms with Gasteiger partial charge in [0.05, 0.1) is 7.11 Å². The molecule has 4 aromatic carbocycles. The Labute approximate surface area is 196 Å². The molecule has 1 amide bonds. The average Bonchev–Trinajstić information content (AvgIpc) is 2.84. The fourth-order valence-corrected chi connectivity index (χ4v) is 3.68. The summed E-state index contributed by atoms with van der Waals surface area (Å²) in [6, 6.07) is 25.2. The smallest absolute Gasteiger partial charge is 0.343 e. The second-order valence-electron chi connectivity index (χ2n) is 7.55. The van der Waals surface area contributed by atoms with Crippen molar-refractivity contribution in [2.45, 2.75) is 13.0 Å². The average molecular weight is 460 g/mol. The van der Waals surface area contributed by atoms with E-state index in [0.29, 0.717) is 22.0 Å². The van der Waals surface area contributed by atoms with Crippen LogP contribution in [0, 0.1) is 6.92 Å². The Morgan fingerprint density at radius 1 is 0.879 bits per heavy atom. The molecule has 5 nitrogen and oxygen atoms in total. The van der Waals surface area contributed by atoms with Crippen LogP contribution in [-0.2, 0) is 9.53 Å².